The fourth-order valence-electron chi connectivity index (χ4n) is 1.73. The van der Waals surface area contributed by atoms with E-state index in [1.807, 2.05) is 60.7 Å². The van der Waals surface area contributed by atoms with E-state index in [1.165, 1.54) is 0 Å². The molecular formula is C16H16N2OS. The molecule has 0 aliphatic rings. The Morgan fingerprint density at radius 1 is 0.950 bits per heavy atom. The fraction of sp³-hybridized carbons (Fsp3) is 0.125. The molecule has 102 valence electrons. The number of nitrogens with one attached hydrogen (secondary N) is 2. The first-order valence-electron chi connectivity index (χ1n) is 6.39. The third kappa shape index (κ3) is 4.82. The smallest absolute Gasteiger partial charge is 0.231 e. The molecular weight excluding hydrogens is 268 g/mol. The van der Waals surface area contributed by atoms with Crippen LogP contribution in [0.2, 0.25) is 0 Å². The number of hydrogen-bond acceptors (Lipinski definition) is 2. The van der Waals surface area contributed by atoms with E-state index < -0.39 is 0 Å². The lowest BCUT2D eigenvalue weighted by molar-refractivity contribution is -0.115. The quantitative estimate of drug-likeness (QED) is 0.829. The van der Waals surface area contributed by atoms with Gasteiger partial charge in [-0.1, -0.05) is 60.7 Å². The number of anilines is 1. The van der Waals surface area contributed by atoms with Crippen LogP contribution in [-0.2, 0) is 11.3 Å². The van der Waals surface area contributed by atoms with Crippen molar-refractivity contribution in [2.45, 2.75) is 13.0 Å². The second-order valence-corrected chi connectivity index (χ2v) is 4.85. The molecule has 0 aromatic heterocycles. The number of rotatable bonds is 5. The van der Waals surface area contributed by atoms with Crippen LogP contribution in [0.5, 0.6) is 0 Å². The van der Waals surface area contributed by atoms with Crippen molar-refractivity contribution in [2.24, 2.45) is 0 Å². The lowest BCUT2D eigenvalue weighted by Crippen LogP contribution is -2.26. The Kier molecular flexibility index (Phi) is 5.26. The molecule has 4 heteroatoms. The van der Waals surface area contributed by atoms with Crippen LogP contribution >= 0.6 is 12.2 Å². The van der Waals surface area contributed by atoms with E-state index in [1.54, 1.807) is 0 Å². The minimum absolute atomic E-state index is 0.109. The molecule has 0 saturated carbocycles. The van der Waals surface area contributed by atoms with Crippen LogP contribution in [-0.4, -0.2) is 10.9 Å². The highest BCUT2D eigenvalue weighted by Gasteiger charge is 2.06. The van der Waals surface area contributed by atoms with Gasteiger partial charge in [0.2, 0.25) is 5.91 Å². The lowest BCUT2D eigenvalue weighted by atomic mass is 10.2. The van der Waals surface area contributed by atoms with Gasteiger partial charge in [0, 0.05) is 12.2 Å². The number of hydrogen-bond donors (Lipinski definition) is 2. The number of thiocarbonyl (C=S) groups is 1. The van der Waals surface area contributed by atoms with Crippen LogP contribution in [0.1, 0.15) is 12.0 Å². The molecule has 0 radical (unpaired) electrons. The van der Waals surface area contributed by atoms with E-state index >= 15 is 0 Å². The van der Waals surface area contributed by atoms with E-state index in [0.717, 1.165) is 11.3 Å². The van der Waals surface area contributed by atoms with Gasteiger partial charge >= 0.3 is 0 Å². The fourth-order valence-corrected chi connectivity index (χ4v) is 1.93. The Hall–Kier alpha value is -2.20. The summed E-state index contributed by atoms with van der Waals surface area (Å²) in [4.78, 5) is 12.3. The highest BCUT2D eigenvalue weighted by atomic mass is 32.1. The second kappa shape index (κ2) is 7.40. The minimum atomic E-state index is -0.109. The normalized spacial score (nSPS) is 9.80. The van der Waals surface area contributed by atoms with Crippen LogP contribution in [0, 0.1) is 0 Å². The number of carbonyl (C=O) groups is 1. The third-order valence-corrected chi connectivity index (χ3v) is 3.00. The van der Waals surface area contributed by atoms with Crippen LogP contribution < -0.4 is 10.6 Å². The first kappa shape index (κ1) is 14.2. The zero-order valence-electron chi connectivity index (χ0n) is 11.0. The van der Waals surface area contributed by atoms with Crippen molar-refractivity contribution in [3.63, 3.8) is 0 Å². The van der Waals surface area contributed by atoms with Crippen molar-refractivity contribution < 1.29 is 4.79 Å². The Morgan fingerprint density at radius 3 is 2.20 bits per heavy atom. The van der Waals surface area contributed by atoms with E-state index in [4.69, 9.17) is 12.2 Å². The molecule has 2 aromatic rings. The Bertz CT molecular complexity index is 570. The van der Waals surface area contributed by atoms with Crippen molar-refractivity contribution in [3.8, 4) is 0 Å². The summed E-state index contributed by atoms with van der Waals surface area (Å²) in [6, 6.07) is 19.3. The molecule has 1 amide bonds. The molecule has 2 N–H and O–H groups in total. The Morgan fingerprint density at radius 2 is 1.55 bits per heavy atom. The van der Waals surface area contributed by atoms with Crippen molar-refractivity contribution in [1.29, 1.82) is 0 Å². The molecule has 0 spiro atoms. The number of amides is 1. The zero-order chi connectivity index (χ0) is 14.2. The van der Waals surface area contributed by atoms with Gasteiger partial charge < -0.3 is 10.6 Å². The van der Waals surface area contributed by atoms with Crippen LogP contribution in [0.25, 0.3) is 0 Å². The monoisotopic (exact) mass is 284 g/mol. The SMILES string of the molecule is O=C(CC(=S)NCc1ccccc1)Nc1ccccc1. The predicted molar refractivity (Wildman–Crippen MR) is 85.6 cm³/mol. The van der Waals surface area contributed by atoms with Crippen molar-refractivity contribution in [1.82, 2.24) is 5.32 Å². The van der Waals surface area contributed by atoms with Crippen LogP contribution in [0.4, 0.5) is 5.69 Å². The molecule has 0 fully saturated rings. The highest BCUT2D eigenvalue weighted by molar-refractivity contribution is 7.80. The summed E-state index contributed by atoms with van der Waals surface area (Å²) in [5.41, 5.74) is 1.92. The molecule has 0 heterocycles. The van der Waals surface area contributed by atoms with Crippen LogP contribution in [0.3, 0.4) is 0 Å². The number of para-hydroxylation sites is 1. The largest absolute Gasteiger partial charge is 0.375 e. The third-order valence-electron chi connectivity index (χ3n) is 2.71. The maximum atomic E-state index is 11.8. The first-order valence-corrected chi connectivity index (χ1v) is 6.80. The molecule has 3 nitrogen and oxygen atoms in total. The van der Waals surface area contributed by atoms with Gasteiger partial charge in [-0.3, -0.25) is 4.79 Å². The van der Waals surface area contributed by atoms with Gasteiger partial charge in [-0.15, -0.1) is 0 Å². The summed E-state index contributed by atoms with van der Waals surface area (Å²) in [5, 5.41) is 5.89. The molecule has 2 aromatic carbocycles. The summed E-state index contributed by atoms with van der Waals surface area (Å²) < 4.78 is 0. The van der Waals surface area contributed by atoms with Gasteiger partial charge in [-0.05, 0) is 17.7 Å². The van der Waals surface area contributed by atoms with Gasteiger partial charge in [-0.2, -0.15) is 0 Å². The number of benzene rings is 2. The molecule has 0 unspecified atom stereocenters. The minimum Gasteiger partial charge on any atom is -0.375 e. The van der Waals surface area contributed by atoms with Gasteiger partial charge in [0.1, 0.15) is 0 Å². The molecule has 0 saturated heterocycles. The molecule has 0 atom stereocenters. The number of carbonyl (C=O) groups excluding carboxylic acids is 1. The summed E-state index contributed by atoms with van der Waals surface area (Å²) in [5.74, 6) is -0.109. The van der Waals surface area contributed by atoms with E-state index in [9.17, 15) is 4.79 Å². The Labute approximate surface area is 124 Å². The maximum Gasteiger partial charge on any atom is 0.231 e. The average Bonchev–Trinajstić information content (AvgIpc) is 2.47. The molecule has 0 aliphatic carbocycles. The van der Waals surface area contributed by atoms with Gasteiger partial charge in [0.25, 0.3) is 0 Å². The Balaban J connectivity index is 1.75. The van der Waals surface area contributed by atoms with E-state index in [2.05, 4.69) is 10.6 Å². The summed E-state index contributed by atoms with van der Waals surface area (Å²) in [6.07, 6.45) is 0.192. The lowest BCUT2D eigenvalue weighted by Gasteiger charge is -2.08. The van der Waals surface area contributed by atoms with E-state index in [-0.39, 0.29) is 12.3 Å². The molecule has 0 aliphatic heterocycles. The highest BCUT2D eigenvalue weighted by Crippen LogP contribution is 2.05. The van der Waals surface area contributed by atoms with Crippen LogP contribution in [0.15, 0.2) is 60.7 Å². The topological polar surface area (TPSA) is 41.1 Å². The van der Waals surface area contributed by atoms with Crippen molar-refractivity contribution >= 4 is 28.8 Å². The zero-order valence-corrected chi connectivity index (χ0v) is 11.8. The molecule has 0 bridgehead atoms. The van der Waals surface area contributed by atoms with Gasteiger partial charge in [0.05, 0.1) is 11.4 Å². The van der Waals surface area contributed by atoms with Crippen molar-refractivity contribution in [3.05, 3.63) is 66.2 Å². The molecule has 20 heavy (non-hydrogen) atoms. The maximum absolute atomic E-state index is 11.8. The second-order valence-electron chi connectivity index (χ2n) is 4.35. The van der Waals surface area contributed by atoms with Gasteiger partial charge in [0.15, 0.2) is 0 Å². The summed E-state index contributed by atoms with van der Waals surface area (Å²) >= 11 is 5.17. The first-order chi connectivity index (χ1) is 9.74. The standard InChI is InChI=1S/C16H16N2OS/c19-15(18-14-9-5-2-6-10-14)11-16(20)17-12-13-7-3-1-4-8-13/h1-10H,11-12H2,(H,17,20)(H,18,19). The van der Waals surface area contributed by atoms with E-state index in [0.29, 0.717) is 11.5 Å². The molecule has 2 rings (SSSR count). The average molecular weight is 284 g/mol. The predicted octanol–water partition coefficient (Wildman–Crippen LogP) is 3.13. The van der Waals surface area contributed by atoms with Crippen molar-refractivity contribution in [2.75, 3.05) is 5.32 Å². The van der Waals surface area contributed by atoms with Gasteiger partial charge in [-0.25, -0.2) is 0 Å². The summed E-state index contributed by atoms with van der Waals surface area (Å²) in [6.45, 7) is 0.637. The summed E-state index contributed by atoms with van der Waals surface area (Å²) in [7, 11) is 0.